The molecule has 0 atom stereocenters. The smallest absolute Gasteiger partial charge is 0.339 e. The highest BCUT2D eigenvalue weighted by Crippen LogP contribution is 2.18. The summed E-state index contributed by atoms with van der Waals surface area (Å²) in [6.45, 7) is 0. The van der Waals surface area contributed by atoms with Gasteiger partial charge >= 0.3 is 5.97 Å². The maximum Gasteiger partial charge on any atom is 0.339 e. The third-order valence-electron chi connectivity index (χ3n) is 3.58. The maximum absolute atomic E-state index is 11.7. The number of hydrogen-bond acceptors (Lipinski definition) is 3. The molecule has 1 aromatic heterocycles. The first-order valence-electron chi connectivity index (χ1n) is 6.87. The van der Waals surface area contributed by atoms with E-state index in [0.717, 1.165) is 30.5 Å². The Morgan fingerprint density at radius 2 is 1.78 bits per heavy atom. The van der Waals surface area contributed by atoms with Crippen molar-refractivity contribution in [3.8, 4) is 0 Å². The lowest BCUT2D eigenvalue weighted by Gasteiger charge is -2.09. The second kappa shape index (κ2) is 6.53. The average Bonchev–Trinajstić information content (AvgIpc) is 2.44. The predicted octanol–water partition coefficient (Wildman–Crippen LogP) is 3.31. The largest absolute Gasteiger partial charge is 0.465 e. The molecule has 0 spiro atoms. The summed E-state index contributed by atoms with van der Waals surface area (Å²) >= 11 is 0. The Morgan fingerprint density at radius 1 is 1.11 bits per heavy atom. The van der Waals surface area contributed by atoms with E-state index in [-0.39, 0.29) is 5.97 Å². The van der Waals surface area contributed by atoms with Crippen LogP contribution in [-0.4, -0.2) is 18.1 Å². The minimum atomic E-state index is -0.265. The highest BCUT2D eigenvalue weighted by Gasteiger charge is 2.13. The van der Waals surface area contributed by atoms with Crippen LogP contribution in [0.1, 0.15) is 60.1 Å². The molecule has 0 amide bonds. The summed E-state index contributed by atoms with van der Waals surface area (Å²) in [7, 11) is 1.42. The normalized spacial score (nSPS) is 16.7. The minimum Gasteiger partial charge on any atom is -0.465 e. The lowest BCUT2D eigenvalue weighted by molar-refractivity contribution is 0.0599. The molecule has 1 aliphatic rings. The molecule has 2 rings (SSSR count). The van der Waals surface area contributed by atoms with Crippen LogP contribution in [0, 0.1) is 0 Å². The molecule has 0 aliphatic heterocycles. The van der Waals surface area contributed by atoms with E-state index in [4.69, 9.17) is 4.74 Å². The molecule has 18 heavy (non-hydrogen) atoms. The number of aromatic nitrogens is 1. The molecule has 1 aromatic rings. The number of aryl methyl sites for hydroxylation is 2. The van der Waals surface area contributed by atoms with Crippen molar-refractivity contribution in [3.05, 3.63) is 29.1 Å². The molecular weight excluding hydrogens is 226 g/mol. The molecule has 2 bridgehead atoms. The van der Waals surface area contributed by atoms with Crippen LogP contribution >= 0.6 is 0 Å². The Hall–Kier alpha value is -1.38. The topological polar surface area (TPSA) is 39.2 Å². The van der Waals surface area contributed by atoms with Gasteiger partial charge in [-0.15, -0.1) is 0 Å². The molecule has 1 heterocycles. The molecule has 0 saturated carbocycles. The van der Waals surface area contributed by atoms with Crippen molar-refractivity contribution in [2.45, 2.75) is 51.4 Å². The summed E-state index contributed by atoms with van der Waals surface area (Å²) in [5.74, 6) is -0.265. The molecule has 98 valence electrons. The van der Waals surface area contributed by atoms with Gasteiger partial charge in [-0.25, -0.2) is 4.79 Å². The zero-order chi connectivity index (χ0) is 12.8. The van der Waals surface area contributed by atoms with E-state index in [1.807, 2.05) is 0 Å². The van der Waals surface area contributed by atoms with Gasteiger partial charge in [-0.05, 0) is 37.3 Å². The number of ether oxygens (including phenoxy) is 1. The van der Waals surface area contributed by atoms with Gasteiger partial charge < -0.3 is 4.74 Å². The molecule has 0 radical (unpaired) electrons. The number of esters is 1. The number of nitrogens with zero attached hydrogens (tertiary/aromatic N) is 1. The SMILES string of the molecule is COC(=O)c1cnc2cc1CCCCCCCC2. The van der Waals surface area contributed by atoms with E-state index in [1.54, 1.807) is 6.20 Å². The molecule has 0 unspecified atom stereocenters. The van der Waals surface area contributed by atoms with E-state index in [9.17, 15) is 4.79 Å². The van der Waals surface area contributed by atoms with Gasteiger partial charge in [0, 0.05) is 11.9 Å². The Kier molecular flexibility index (Phi) is 4.73. The summed E-state index contributed by atoms with van der Waals surface area (Å²) in [5, 5.41) is 0. The van der Waals surface area contributed by atoms with Crippen molar-refractivity contribution in [3.63, 3.8) is 0 Å². The predicted molar refractivity (Wildman–Crippen MR) is 70.7 cm³/mol. The van der Waals surface area contributed by atoms with Crippen LogP contribution in [-0.2, 0) is 17.6 Å². The van der Waals surface area contributed by atoms with Gasteiger partial charge in [0.2, 0.25) is 0 Å². The van der Waals surface area contributed by atoms with Crippen molar-refractivity contribution in [1.82, 2.24) is 4.98 Å². The highest BCUT2D eigenvalue weighted by molar-refractivity contribution is 5.90. The average molecular weight is 247 g/mol. The van der Waals surface area contributed by atoms with Crippen molar-refractivity contribution in [1.29, 1.82) is 0 Å². The number of rotatable bonds is 1. The fraction of sp³-hybridized carbons (Fsp3) is 0.600. The first-order chi connectivity index (χ1) is 8.81. The van der Waals surface area contributed by atoms with Crippen molar-refractivity contribution in [2.24, 2.45) is 0 Å². The monoisotopic (exact) mass is 247 g/mol. The summed E-state index contributed by atoms with van der Waals surface area (Å²) < 4.78 is 4.82. The number of fused-ring (bicyclic) bond motifs is 2. The van der Waals surface area contributed by atoms with Crippen molar-refractivity contribution >= 4 is 5.97 Å². The third-order valence-corrected chi connectivity index (χ3v) is 3.58. The van der Waals surface area contributed by atoms with Crippen molar-refractivity contribution < 1.29 is 9.53 Å². The van der Waals surface area contributed by atoms with E-state index in [1.165, 1.54) is 39.2 Å². The van der Waals surface area contributed by atoms with E-state index < -0.39 is 0 Å². The van der Waals surface area contributed by atoms with Crippen LogP contribution in [0.3, 0.4) is 0 Å². The molecule has 0 fully saturated rings. The van der Waals surface area contributed by atoms with Gasteiger partial charge in [-0.3, -0.25) is 4.98 Å². The zero-order valence-corrected chi connectivity index (χ0v) is 11.1. The van der Waals surface area contributed by atoms with E-state index in [2.05, 4.69) is 11.1 Å². The molecule has 0 N–H and O–H groups in total. The third kappa shape index (κ3) is 3.31. The number of pyridine rings is 1. The van der Waals surface area contributed by atoms with Crippen LogP contribution in [0.5, 0.6) is 0 Å². The first-order valence-corrected chi connectivity index (χ1v) is 6.87. The molecule has 3 heteroatoms. The van der Waals surface area contributed by atoms with E-state index in [0.29, 0.717) is 5.56 Å². The first kappa shape index (κ1) is 13.1. The van der Waals surface area contributed by atoms with Gasteiger partial charge in [0.25, 0.3) is 0 Å². The molecule has 1 aliphatic carbocycles. The molecule has 3 nitrogen and oxygen atoms in total. The molecule has 0 saturated heterocycles. The van der Waals surface area contributed by atoms with Crippen LogP contribution < -0.4 is 0 Å². The van der Waals surface area contributed by atoms with Crippen LogP contribution in [0.15, 0.2) is 12.3 Å². The van der Waals surface area contributed by atoms with Crippen LogP contribution in [0.4, 0.5) is 0 Å². The minimum absolute atomic E-state index is 0.265. The Balaban J connectivity index is 2.24. The fourth-order valence-corrected chi connectivity index (χ4v) is 2.51. The molecular formula is C15H21NO2. The highest BCUT2D eigenvalue weighted by atomic mass is 16.5. The number of carbonyl (C=O) groups is 1. The summed E-state index contributed by atoms with van der Waals surface area (Å²) in [6, 6.07) is 2.09. The Bertz CT molecular complexity index is 415. The lowest BCUT2D eigenvalue weighted by Crippen LogP contribution is -2.08. The Labute approximate surface area is 109 Å². The number of hydrogen-bond donors (Lipinski definition) is 0. The number of carbonyl (C=O) groups excluding carboxylic acids is 1. The lowest BCUT2D eigenvalue weighted by atomic mass is 10.0. The summed E-state index contributed by atoms with van der Waals surface area (Å²) in [4.78, 5) is 16.1. The van der Waals surface area contributed by atoms with E-state index >= 15 is 0 Å². The van der Waals surface area contributed by atoms with Gasteiger partial charge in [0.05, 0.1) is 12.7 Å². The second-order valence-electron chi connectivity index (χ2n) is 4.95. The fourth-order valence-electron chi connectivity index (χ4n) is 2.51. The number of methoxy groups -OCH3 is 1. The van der Waals surface area contributed by atoms with Gasteiger partial charge in [-0.1, -0.05) is 25.7 Å². The quantitative estimate of drug-likeness (QED) is 0.715. The summed E-state index contributed by atoms with van der Waals surface area (Å²) in [6.07, 6.45) is 11.2. The standard InChI is InChI=1S/C15H21NO2/c1-18-15(17)14-11-16-13-9-7-5-3-2-4-6-8-12(14)10-13/h10-11H,2-9H2,1H3. The van der Waals surface area contributed by atoms with Gasteiger partial charge in [0.1, 0.15) is 0 Å². The maximum atomic E-state index is 11.7. The van der Waals surface area contributed by atoms with Crippen molar-refractivity contribution in [2.75, 3.05) is 7.11 Å². The second-order valence-corrected chi connectivity index (χ2v) is 4.95. The Morgan fingerprint density at radius 3 is 2.50 bits per heavy atom. The van der Waals surface area contributed by atoms with Gasteiger partial charge in [-0.2, -0.15) is 0 Å². The van der Waals surface area contributed by atoms with Gasteiger partial charge in [0.15, 0.2) is 0 Å². The van der Waals surface area contributed by atoms with Crippen LogP contribution in [0.2, 0.25) is 0 Å². The van der Waals surface area contributed by atoms with Crippen LogP contribution in [0.25, 0.3) is 0 Å². The zero-order valence-electron chi connectivity index (χ0n) is 11.1. The summed E-state index contributed by atoms with van der Waals surface area (Å²) in [5.41, 5.74) is 2.86. The molecule has 0 aromatic carbocycles.